The SMILES string of the molecule is CC(C)c1ccc([C@@H]2C[C@@H]2[C@H](C)N)cc1. The van der Waals surface area contributed by atoms with Crippen LogP contribution in [0.5, 0.6) is 0 Å². The molecular formula is C14H21N. The van der Waals surface area contributed by atoms with Gasteiger partial charge in [0.15, 0.2) is 0 Å². The highest BCUT2D eigenvalue weighted by Crippen LogP contribution is 2.48. The molecule has 2 N–H and O–H groups in total. The second-order valence-electron chi connectivity index (χ2n) is 5.19. The average molecular weight is 203 g/mol. The molecule has 0 unspecified atom stereocenters. The van der Waals surface area contributed by atoms with Crippen molar-refractivity contribution in [2.24, 2.45) is 11.7 Å². The summed E-state index contributed by atoms with van der Waals surface area (Å²) >= 11 is 0. The van der Waals surface area contributed by atoms with Crippen molar-refractivity contribution in [1.29, 1.82) is 0 Å². The van der Waals surface area contributed by atoms with E-state index in [-0.39, 0.29) is 0 Å². The molecule has 82 valence electrons. The quantitative estimate of drug-likeness (QED) is 0.801. The standard InChI is InChI=1S/C14H21N/c1-9(2)11-4-6-12(7-5-11)14-8-13(14)10(3)15/h4-7,9-10,13-14H,8,15H2,1-3H3/t10-,13+,14-/m0/s1. The van der Waals surface area contributed by atoms with E-state index < -0.39 is 0 Å². The minimum atomic E-state index is 0.347. The van der Waals surface area contributed by atoms with Crippen LogP contribution in [0, 0.1) is 5.92 Å². The molecule has 1 aromatic rings. The van der Waals surface area contributed by atoms with Gasteiger partial charge in [0, 0.05) is 6.04 Å². The molecule has 1 saturated carbocycles. The van der Waals surface area contributed by atoms with Crippen molar-refractivity contribution < 1.29 is 0 Å². The molecule has 0 saturated heterocycles. The van der Waals surface area contributed by atoms with Crippen LogP contribution in [0.1, 0.15) is 50.2 Å². The van der Waals surface area contributed by atoms with E-state index in [1.807, 2.05) is 0 Å². The maximum Gasteiger partial charge on any atom is 0.00448 e. The third-order valence-corrected chi connectivity index (χ3v) is 3.55. The molecule has 0 aliphatic heterocycles. The molecule has 0 bridgehead atoms. The molecule has 1 aromatic carbocycles. The van der Waals surface area contributed by atoms with Gasteiger partial charge in [-0.3, -0.25) is 0 Å². The third kappa shape index (κ3) is 2.23. The zero-order valence-electron chi connectivity index (χ0n) is 9.90. The monoisotopic (exact) mass is 203 g/mol. The fraction of sp³-hybridized carbons (Fsp3) is 0.571. The Balaban J connectivity index is 2.06. The lowest BCUT2D eigenvalue weighted by atomic mass is 9.99. The zero-order chi connectivity index (χ0) is 11.0. The first kappa shape index (κ1) is 10.7. The molecule has 3 atom stereocenters. The van der Waals surface area contributed by atoms with E-state index in [0.29, 0.717) is 12.0 Å². The molecule has 1 nitrogen and oxygen atoms in total. The summed E-state index contributed by atoms with van der Waals surface area (Å²) in [7, 11) is 0. The molecule has 0 aromatic heterocycles. The second-order valence-corrected chi connectivity index (χ2v) is 5.19. The number of hydrogen-bond donors (Lipinski definition) is 1. The first-order valence-corrected chi connectivity index (χ1v) is 5.95. The summed E-state index contributed by atoms with van der Waals surface area (Å²) < 4.78 is 0. The van der Waals surface area contributed by atoms with Crippen molar-refractivity contribution in [3.63, 3.8) is 0 Å². The lowest BCUT2D eigenvalue weighted by Gasteiger charge is -2.07. The van der Waals surface area contributed by atoms with Crippen LogP contribution in [0.4, 0.5) is 0 Å². The summed E-state index contributed by atoms with van der Waals surface area (Å²) in [4.78, 5) is 0. The van der Waals surface area contributed by atoms with Crippen LogP contribution in [-0.2, 0) is 0 Å². The van der Waals surface area contributed by atoms with Gasteiger partial charge in [-0.25, -0.2) is 0 Å². The van der Waals surface area contributed by atoms with Gasteiger partial charge in [-0.15, -0.1) is 0 Å². The van der Waals surface area contributed by atoms with Gasteiger partial charge in [0.25, 0.3) is 0 Å². The summed E-state index contributed by atoms with van der Waals surface area (Å²) in [5.41, 5.74) is 8.80. The summed E-state index contributed by atoms with van der Waals surface area (Å²) in [5.74, 6) is 2.07. The Kier molecular flexibility index (Phi) is 2.83. The van der Waals surface area contributed by atoms with Crippen LogP contribution in [0.3, 0.4) is 0 Å². The van der Waals surface area contributed by atoms with Crippen molar-refractivity contribution in [3.05, 3.63) is 35.4 Å². The van der Waals surface area contributed by atoms with Gasteiger partial charge in [-0.05, 0) is 42.2 Å². The third-order valence-electron chi connectivity index (χ3n) is 3.55. The molecule has 15 heavy (non-hydrogen) atoms. The Hall–Kier alpha value is -0.820. The maximum atomic E-state index is 5.90. The van der Waals surface area contributed by atoms with Crippen LogP contribution < -0.4 is 5.73 Å². The number of hydrogen-bond acceptors (Lipinski definition) is 1. The van der Waals surface area contributed by atoms with Crippen LogP contribution in [0.2, 0.25) is 0 Å². The molecule has 1 aliphatic rings. The van der Waals surface area contributed by atoms with Gasteiger partial charge < -0.3 is 5.73 Å². The van der Waals surface area contributed by atoms with Crippen LogP contribution >= 0.6 is 0 Å². The van der Waals surface area contributed by atoms with Gasteiger partial charge >= 0.3 is 0 Å². The lowest BCUT2D eigenvalue weighted by Crippen LogP contribution is -2.17. The van der Waals surface area contributed by atoms with Crippen LogP contribution in [-0.4, -0.2) is 6.04 Å². The number of benzene rings is 1. The van der Waals surface area contributed by atoms with E-state index >= 15 is 0 Å². The normalized spacial score (nSPS) is 26.7. The number of rotatable bonds is 3. The summed E-state index contributed by atoms with van der Waals surface area (Å²) in [6.07, 6.45) is 1.28. The fourth-order valence-corrected chi connectivity index (χ4v) is 2.31. The van der Waals surface area contributed by atoms with Crippen LogP contribution in [0.25, 0.3) is 0 Å². The highest BCUT2D eigenvalue weighted by atomic mass is 14.7. The minimum absolute atomic E-state index is 0.347. The summed E-state index contributed by atoms with van der Waals surface area (Å²) in [6.45, 7) is 6.58. The minimum Gasteiger partial charge on any atom is -0.328 e. The van der Waals surface area contributed by atoms with E-state index in [0.717, 1.165) is 11.8 Å². The fourth-order valence-electron chi connectivity index (χ4n) is 2.31. The Morgan fingerprint density at radius 2 is 1.73 bits per heavy atom. The summed E-state index contributed by atoms with van der Waals surface area (Å²) in [6, 6.07) is 9.43. The van der Waals surface area contributed by atoms with Gasteiger partial charge in [0.05, 0.1) is 0 Å². The number of nitrogens with two attached hydrogens (primary N) is 1. The van der Waals surface area contributed by atoms with Crippen LogP contribution in [0.15, 0.2) is 24.3 Å². The highest BCUT2D eigenvalue weighted by Gasteiger charge is 2.40. The van der Waals surface area contributed by atoms with E-state index in [9.17, 15) is 0 Å². The van der Waals surface area contributed by atoms with Crippen molar-refractivity contribution in [2.75, 3.05) is 0 Å². The van der Waals surface area contributed by atoms with E-state index in [1.54, 1.807) is 0 Å². The predicted molar refractivity (Wildman–Crippen MR) is 65.0 cm³/mol. The van der Waals surface area contributed by atoms with E-state index in [1.165, 1.54) is 17.5 Å². The first-order valence-electron chi connectivity index (χ1n) is 5.95. The Morgan fingerprint density at radius 3 is 2.13 bits per heavy atom. The first-order chi connectivity index (χ1) is 7.09. The Labute approximate surface area is 92.7 Å². The highest BCUT2D eigenvalue weighted by molar-refractivity contribution is 5.31. The Bertz CT molecular complexity index is 324. The smallest absolute Gasteiger partial charge is 0.00448 e. The van der Waals surface area contributed by atoms with E-state index in [4.69, 9.17) is 5.73 Å². The molecule has 2 rings (SSSR count). The molecule has 1 fully saturated rings. The average Bonchev–Trinajstić information content (AvgIpc) is 2.97. The second kappa shape index (κ2) is 3.97. The van der Waals surface area contributed by atoms with Crippen molar-refractivity contribution >= 4 is 0 Å². The van der Waals surface area contributed by atoms with Crippen molar-refractivity contribution in [1.82, 2.24) is 0 Å². The van der Waals surface area contributed by atoms with Gasteiger partial charge in [-0.1, -0.05) is 38.1 Å². The molecule has 1 aliphatic carbocycles. The Morgan fingerprint density at radius 1 is 1.13 bits per heavy atom. The van der Waals surface area contributed by atoms with Gasteiger partial charge in [-0.2, -0.15) is 0 Å². The zero-order valence-corrected chi connectivity index (χ0v) is 9.90. The van der Waals surface area contributed by atoms with Gasteiger partial charge in [0.2, 0.25) is 0 Å². The predicted octanol–water partition coefficient (Wildman–Crippen LogP) is 3.26. The molecule has 0 amide bonds. The van der Waals surface area contributed by atoms with E-state index in [2.05, 4.69) is 45.0 Å². The topological polar surface area (TPSA) is 26.0 Å². The molecule has 0 heterocycles. The molecule has 1 heteroatoms. The van der Waals surface area contributed by atoms with Gasteiger partial charge in [0.1, 0.15) is 0 Å². The maximum absolute atomic E-state index is 5.90. The van der Waals surface area contributed by atoms with Crippen molar-refractivity contribution in [3.8, 4) is 0 Å². The van der Waals surface area contributed by atoms with Crippen molar-refractivity contribution in [2.45, 2.75) is 45.1 Å². The largest absolute Gasteiger partial charge is 0.328 e. The summed E-state index contributed by atoms with van der Waals surface area (Å²) in [5, 5.41) is 0. The lowest BCUT2D eigenvalue weighted by molar-refractivity contribution is 0.631. The molecule has 0 spiro atoms. The molecule has 0 radical (unpaired) electrons. The molecular weight excluding hydrogens is 182 g/mol.